The van der Waals surface area contributed by atoms with Gasteiger partial charge in [0.25, 0.3) is 0 Å². The summed E-state index contributed by atoms with van der Waals surface area (Å²) in [5, 5.41) is 4.16. The van der Waals surface area contributed by atoms with Crippen molar-refractivity contribution in [3.05, 3.63) is 53.2 Å². The van der Waals surface area contributed by atoms with Gasteiger partial charge in [-0.3, -0.25) is 14.9 Å². The van der Waals surface area contributed by atoms with Gasteiger partial charge >= 0.3 is 0 Å². The summed E-state index contributed by atoms with van der Waals surface area (Å²) >= 11 is 2.96. The van der Waals surface area contributed by atoms with Gasteiger partial charge in [0.05, 0.1) is 12.2 Å². The first kappa shape index (κ1) is 17.6. The van der Waals surface area contributed by atoms with Crippen LogP contribution in [0.2, 0.25) is 0 Å². The van der Waals surface area contributed by atoms with E-state index in [4.69, 9.17) is 0 Å². The van der Waals surface area contributed by atoms with E-state index >= 15 is 0 Å². The monoisotopic (exact) mass is 371 g/mol. The maximum atomic E-state index is 12.0. The van der Waals surface area contributed by atoms with Gasteiger partial charge < -0.3 is 0 Å². The van der Waals surface area contributed by atoms with Crippen molar-refractivity contribution in [2.24, 2.45) is 0 Å². The molecular formula is C18H17N3O2S2. The lowest BCUT2D eigenvalue weighted by Crippen LogP contribution is -2.33. The van der Waals surface area contributed by atoms with Crippen molar-refractivity contribution >= 4 is 45.1 Å². The summed E-state index contributed by atoms with van der Waals surface area (Å²) < 4.78 is 0. The fraction of sp³-hybridized carbons (Fsp3) is 0.222. The molecule has 1 aromatic carbocycles. The number of thioether (sulfide) groups is 1. The van der Waals surface area contributed by atoms with Crippen molar-refractivity contribution in [1.29, 1.82) is 0 Å². The van der Waals surface area contributed by atoms with Gasteiger partial charge in [0.15, 0.2) is 0 Å². The molecule has 0 unspecified atom stereocenters. The van der Waals surface area contributed by atoms with Gasteiger partial charge in [-0.25, -0.2) is 9.97 Å². The zero-order valence-electron chi connectivity index (χ0n) is 13.7. The number of hydrogen-bond donors (Lipinski definition) is 1. The van der Waals surface area contributed by atoms with Gasteiger partial charge in [-0.15, -0.1) is 11.3 Å². The molecule has 5 nitrogen and oxygen atoms in total. The van der Waals surface area contributed by atoms with E-state index in [-0.39, 0.29) is 24.0 Å². The molecule has 128 valence electrons. The van der Waals surface area contributed by atoms with Gasteiger partial charge in [0.2, 0.25) is 11.8 Å². The molecule has 0 radical (unpaired) electrons. The number of imide groups is 1. The average Bonchev–Trinajstić information content (AvgIpc) is 3.04. The van der Waals surface area contributed by atoms with Crippen molar-refractivity contribution in [3.63, 3.8) is 0 Å². The second kappa shape index (κ2) is 8.22. The lowest BCUT2D eigenvalue weighted by atomic mass is 10.1. The molecule has 0 aliphatic rings. The summed E-state index contributed by atoms with van der Waals surface area (Å²) in [6.07, 6.45) is 2.65. The average molecular weight is 371 g/mol. The number of aromatic nitrogens is 2. The van der Waals surface area contributed by atoms with Crippen molar-refractivity contribution in [1.82, 2.24) is 15.3 Å². The maximum Gasteiger partial charge on any atom is 0.236 e. The summed E-state index contributed by atoms with van der Waals surface area (Å²) in [4.78, 5) is 34.6. The van der Waals surface area contributed by atoms with Crippen molar-refractivity contribution in [2.45, 2.75) is 24.8 Å². The molecule has 0 saturated heterocycles. The van der Waals surface area contributed by atoms with Gasteiger partial charge in [-0.2, -0.15) is 0 Å². The fourth-order valence-corrected chi connectivity index (χ4v) is 4.10. The highest BCUT2D eigenvalue weighted by molar-refractivity contribution is 8.00. The largest absolute Gasteiger partial charge is 0.295 e. The molecule has 7 heteroatoms. The first-order valence-corrected chi connectivity index (χ1v) is 9.68. The number of thiophene rings is 1. The second-order valence-electron chi connectivity index (χ2n) is 5.39. The SMILES string of the molecule is CCc1cc2c(SCC(=O)NC(=O)Cc3ccccc3)ncnc2s1. The third-order valence-electron chi connectivity index (χ3n) is 3.52. The predicted molar refractivity (Wildman–Crippen MR) is 101 cm³/mol. The highest BCUT2D eigenvalue weighted by Gasteiger charge is 2.13. The highest BCUT2D eigenvalue weighted by Crippen LogP contribution is 2.30. The number of benzene rings is 1. The van der Waals surface area contributed by atoms with Gasteiger partial charge in [-0.05, 0) is 18.1 Å². The standard InChI is InChI=1S/C18H17N3O2S2/c1-2-13-9-14-17(19-11-20-18(14)25-13)24-10-16(23)21-15(22)8-12-6-4-3-5-7-12/h3-7,9,11H,2,8,10H2,1H3,(H,21,22,23). The van der Waals surface area contributed by atoms with Crippen LogP contribution in [0.1, 0.15) is 17.4 Å². The number of nitrogens with one attached hydrogen (secondary N) is 1. The quantitative estimate of drug-likeness (QED) is 0.532. The number of rotatable bonds is 6. The molecule has 0 spiro atoms. The second-order valence-corrected chi connectivity index (χ2v) is 7.47. The third-order valence-corrected chi connectivity index (χ3v) is 5.71. The number of nitrogens with zero attached hydrogens (tertiary/aromatic N) is 2. The van der Waals surface area contributed by atoms with E-state index in [0.29, 0.717) is 0 Å². The topological polar surface area (TPSA) is 72.0 Å². The first-order chi connectivity index (χ1) is 12.2. The number of hydrogen-bond acceptors (Lipinski definition) is 6. The molecule has 25 heavy (non-hydrogen) atoms. The van der Waals surface area contributed by atoms with E-state index in [2.05, 4.69) is 28.3 Å². The van der Waals surface area contributed by atoms with E-state index in [9.17, 15) is 9.59 Å². The number of fused-ring (bicyclic) bond motifs is 1. The normalized spacial score (nSPS) is 10.8. The Morgan fingerprint density at radius 2 is 1.96 bits per heavy atom. The molecule has 0 atom stereocenters. The summed E-state index contributed by atoms with van der Waals surface area (Å²) in [6, 6.07) is 11.4. The molecule has 2 heterocycles. The van der Waals surface area contributed by atoms with Crippen LogP contribution >= 0.6 is 23.1 Å². The molecule has 2 aromatic heterocycles. The molecule has 3 aromatic rings. The van der Waals surface area contributed by atoms with Crippen LogP contribution in [-0.2, 0) is 22.4 Å². The molecular weight excluding hydrogens is 354 g/mol. The molecule has 3 rings (SSSR count). The van der Waals surface area contributed by atoms with Crippen molar-refractivity contribution < 1.29 is 9.59 Å². The Balaban J connectivity index is 1.57. The number of aryl methyl sites for hydroxylation is 1. The molecule has 0 fully saturated rings. The Labute approximate surface area is 153 Å². The van der Waals surface area contributed by atoms with Gasteiger partial charge in [0, 0.05) is 10.3 Å². The zero-order valence-corrected chi connectivity index (χ0v) is 15.3. The Morgan fingerprint density at radius 3 is 2.72 bits per heavy atom. The summed E-state index contributed by atoms with van der Waals surface area (Å²) in [5.41, 5.74) is 0.878. The first-order valence-electron chi connectivity index (χ1n) is 7.88. The van der Waals surface area contributed by atoms with Crippen LogP contribution < -0.4 is 5.32 Å². The maximum absolute atomic E-state index is 12.0. The summed E-state index contributed by atoms with van der Waals surface area (Å²) in [5.74, 6) is -0.471. The zero-order chi connectivity index (χ0) is 17.6. The molecule has 0 aliphatic heterocycles. The molecule has 0 bridgehead atoms. The third kappa shape index (κ3) is 4.64. The van der Waals surface area contributed by atoms with Crippen molar-refractivity contribution in [3.8, 4) is 0 Å². The van der Waals surface area contributed by atoms with E-state index in [1.165, 1.54) is 23.0 Å². The predicted octanol–water partition coefficient (Wildman–Crippen LogP) is 3.23. The minimum Gasteiger partial charge on any atom is -0.295 e. The van der Waals surface area contributed by atoms with Crippen molar-refractivity contribution in [2.75, 3.05) is 5.75 Å². The Morgan fingerprint density at radius 1 is 1.16 bits per heavy atom. The van der Waals surface area contributed by atoms with Gasteiger partial charge in [0.1, 0.15) is 16.2 Å². The van der Waals surface area contributed by atoms with Crippen LogP contribution in [0.4, 0.5) is 0 Å². The highest BCUT2D eigenvalue weighted by atomic mass is 32.2. The Bertz CT molecular complexity index is 894. The fourth-order valence-electron chi connectivity index (χ4n) is 2.32. The van der Waals surface area contributed by atoms with Crippen LogP contribution in [0.25, 0.3) is 10.2 Å². The Hall–Kier alpha value is -2.25. The molecule has 0 aliphatic carbocycles. The van der Waals surface area contributed by atoms with E-state index in [0.717, 1.165) is 27.2 Å². The number of carbonyl (C=O) groups excluding carboxylic acids is 2. The summed E-state index contributed by atoms with van der Waals surface area (Å²) in [6.45, 7) is 2.09. The van der Waals surface area contributed by atoms with Crippen LogP contribution in [0.3, 0.4) is 0 Å². The van der Waals surface area contributed by atoms with Crippen LogP contribution in [0.15, 0.2) is 47.8 Å². The van der Waals surface area contributed by atoms with E-state index < -0.39 is 0 Å². The van der Waals surface area contributed by atoms with Gasteiger partial charge in [-0.1, -0.05) is 49.0 Å². The minimum atomic E-state index is -0.316. The van der Waals surface area contributed by atoms with E-state index in [1.807, 2.05) is 30.3 Å². The van der Waals surface area contributed by atoms with Crippen LogP contribution in [0, 0.1) is 0 Å². The van der Waals surface area contributed by atoms with E-state index in [1.54, 1.807) is 11.3 Å². The lowest BCUT2D eigenvalue weighted by molar-refractivity contribution is -0.128. The number of carbonyl (C=O) groups is 2. The smallest absolute Gasteiger partial charge is 0.236 e. The van der Waals surface area contributed by atoms with Crippen LogP contribution in [-0.4, -0.2) is 27.5 Å². The lowest BCUT2D eigenvalue weighted by Gasteiger charge is -2.04. The molecule has 1 N–H and O–H groups in total. The number of amides is 2. The summed E-state index contributed by atoms with van der Waals surface area (Å²) in [7, 11) is 0. The molecule has 2 amide bonds. The molecule has 0 saturated carbocycles. The minimum absolute atomic E-state index is 0.143. The van der Waals surface area contributed by atoms with Crippen LogP contribution in [0.5, 0.6) is 0 Å². The Kier molecular flexibility index (Phi) is 5.78.